The number of nitrogens with two attached hydrogens (primary N) is 1. The fraction of sp³-hybridized carbons (Fsp3) is 0.308. The smallest absolute Gasteiger partial charge is 0.160 e. The standard InChI is InChI=1S/C13H17BrN6/c1-3-20(4-2)13-11(15)12(17-8-18-13)19-10-6-5-9(14)7-16-10/h5-8H,3-4,15H2,1-2H3,(H,16,17,18,19). The third-order valence-electron chi connectivity index (χ3n) is 2.90. The van der Waals surface area contributed by atoms with Crippen LogP contribution in [0.5, 0.6) is 0 Å². The molecule has 0 unspecified atom stereocenters. The van der Waals surface area contributed by atoms with Gasteiger partial charge in [0.1, 0.15) is 17.8 Å². The van der Waals surface area contributed by atoms with Crippen molar-refractivity contribution < 1.29 is 0 Å². The summed E-state index contributed by atoms with van der Waals surface area (Å²) in [5.41, 5.74) is 6.68. The van der Waals surface area contributed by atoms with Crippen LogP contribution in [0.25, 0.3) is 0 Å². The van der Waals surface area contributed by atoms with Gasteiger partial charge in [-0.3, -0.25) is 0 Å². The van der Waals surface area contributed by atoms with Gasteiger partial charge in [-0.25, -0.2) is 15.0 Å². The van der Waals surface area contributed by atoms with E-state index in [1.165, 1.54) is 6.33 Å². The number of anilines is 4. The van der Waals surface area contributed by atoms with Gasteiger partial charge in [0, 0.05) is 23.8 Å². The first-order chi connectivity index (χ1) is 9.65. The normalized spacial score (nSPS) is 10.3. The molecule has 106 valence electrons. The van der Waals surface area contributed by atoms with Crippen molar-refractivity contribution in [2.75, 3.05) is 29.0 Å². The van der Waals surface area contributed by atoms with E-state index in [9.17, 15) is 0 Å². The number of nitrogen functional groups attached to an aromatic ring is 1. The molecule has 6 nitrogen and oxygen atoms in total. The Balaban J connectivity index is 2.28. The average molecular weight is 337 g/mol. The van der Waals surface area contributed by atoms with Crippen molar-refractivity contribution in [3.05, 3.63) is 29.1 Å². The molecule has 0 fully saturated rings. The first kappa shape index (κ1) is 14.5. The lowest BCUT2D eigenvalue weighted by molar-refractivity contribution is 0.844. The predicted molar refractivity (Wildman–Crippen MR) is 85.2 cm³/mol. The van der Waals surface area contributed by atoms with E-state index < -0.39 is 0 Å². The van der Waals surface area contributed by atoms with Crippen LogP contribution in [0.15, 0.2) is 29.1 Å². The lowest BCUT2D eigenvalue weighted by atomic mass is 10.3. The molecular formula is C13H17BrN6. The molecule has 20 heavy (non-hydrogen) atoms. The number of hydrogen-bond acceptors (Lipinski definition) is 6. The predicted octanol–water partition coefficient (Wildman–Crippen LogP) is 2.81. The maximum atomic E-state index is 6.15. The van der Waals surface area contributed by atoms with Gasteiger partial charge in [-0.2, -0.15) is 0 Å². The quantitative estimate of drug-likeness (QED) is 0.873. The zero-order valence-electron chi connectivity index (χ0n) is 11.5. The van der Waals surface area contributed by atoms with E-state index in [-0.39, 0.29) is 0 Å². The van der Waals surface area contributed by atoms with Crippen molar-refractivity contribution in [1.29, 1.82) is 0 Å². The highest BCUT2D eigenvalue weighted by atomic mass is 79.9. The first-order valence-electron chi connectivity index (χ1n) is 6.39. The molecule has 2 heterocycles. The highest BCUT2D eigenvalue weighted by molar-refractivity contribution is 9.10. The lowest BCUT2D eigenvalue weighted by Crippen LogP contribution is -2.24. The van der Waals surface area contributed by atoms with Gasteiger partial charge < -0.3 is 16.0 Å². The van der Waals surface area contributed by atoms with Crippen molar-refractivity contribution in [2.24, 2.45) is 0 Å². The van der Waals surface area contributed by atoms with E-state index in [4.69, 9.17) is 5.73 Å². The second-order valence-corrected chi connectivity index (χ2v) is 5.03. The Morgan fingerprint density at radius 3 is 2.55 bits per heavy atom. The molecule has 2 rings (SSSR count). The maximum Gasteiger partial charge on any atom is 0.160 e. The maximum absolute atomic E-state index is 6.15. The minimum Gasteiger partial charge on any atom is -0.393 e. The molecule has 7 heteroatoms. The third kappa shape index (κ3) is 3.16. The van der Waals surface area contributed by atoms with Crippen LogP contribution in [0.2, 0.25) is 0 Å². The molecule has 0 spiro atoms. The number of nitrogens with one attached hydrogen (secondary N) is 1. The molecule has 0 bridgehead atoms. The van der Waals surface area contributed by atoms with Gasteiger partial charge in [-0.15, -0.1) is 0 Å². The molecule has 3 N–H and O–H groups in total. The summed E-state index contributed by atoms with van der Waals surface area (Å²) < 4.78 is 0.919. The van der Waals surface area contributed by atoms with Crippen LogP contribution < -0.4 is 16.0 Å². The highest BCUT2D eigenvalue weighted by Gasteiger charge is 2.13. The summed E-state index contributed by atoms with van der Waals surface area (Å²) in [6, 6.07) is 3.75. The molecule has 0 aliphatic heterocycles. The second kappa shape index (κ2) is 6.51. The summed E-state index contributed by atoms with van der Waals surface area (Å²) in [5, 5.41) is 3.11. The van der Waals surface area contributed by atoms with E-state index in [0.717, 1.165) is 23.4 Å². The third-order valence-corrected chi connectivity index (χ3v) is 3.37. The van der Waals surface area contributed by atoms with Crippen molar-refractivity contribution >= 4 is 39.1 Å². The molecule has 0 atom stereocenters. The fourth-order valence-electron chi connectivity index (χ4n) is 1.83. The van der Waals surface area contributed by atoms with Crippen LogP contribution in [0.3, 0.4) is 0 Å². The van der Waals surface area contributed by atoms with Crippen LogP contribution in [0.4, 0.5) is 23.1 Å². The molecule has 0 saturated heterocycles. The van der Waals surface area contributed by atoms with E-state index in [1.807, 2.05) is 12.1 Å². The minimum atomic E-state index is 0.529. The van der Waals surface area contributed by atoms with Gasteiger partial charge in [0.25, 0.3) is 0 Å². The average Bonchev–Trinajstić information content (AvgIpc) is 2.46. The summed E-state index contributed by atoms with van der Waals surface area (Å²) in [4.78, 5) is 14.8. The van der Waals surface area contributed by atoms with Gasteiger partial charge in [0.2, 0.25) is 0 Å². The Kier molecular flexibility index (Phi) is 4.73. The van der Waals surface area contributed by atoms with E-state index in [0.29, 0.717) is 17.3 Å². The highest BCUT2D eigenvalue weighted by Crippen LogP contribution is 2.27. The number of nitrogens with zero attached hydrogens (tertiary/aromatic N) is 4. The number of aromatic nitrogens is 3. The minimum absolute atomic E-state index is 0.529. The molecule has 0 aliphatic carbocycles. The van der Waals surface area contributed by atoms with Gasteiger partial charge in [0.05, 0.1) is 0 Å². The molecule has 0 amide bonds. The molecule has 0 aromatic carbocycles. The van der Waals surface area contributed by atoms with Crippen LogP contribution >= 0.6 is 15.9 Å². The molecular weight excluding hydrogens is 320 g/mol. The topological polar surface area (TPSA) is 80.0 Å². The Hall–Kier alpha value is -1.89. The van der Waals surface area contributed by atoms with Crippen molar-refractivity contribution in [3.63, 3.8) is 0 Å². The first-order valence-corrected chi connectivity index (χ1v) is 7.19. The summed E-state index contributed by atoms with van der Waals surface area (Å²) in [5.74, 6) is 1.99. The molecule has 2 aromatic rings. The summed E-state index contributed by atoms with van der Waals surface area (Å²) >= 11 is 3.35. The van der Waals surface area contributed by atoms with E-state index in [2.05, 4.69) is 54.9 Å². The Morgan fingerprint density at radius 1 is 1.20 bits per heavy atom. The number of halogens is 1. The zero-order chi connectivity index (χ0) is 14.5. The van der Waals surface area contributed by atoms with Crippen LogP contribution in [-0.2, 0) is 0 Å². The van der Waals surface area contributed by atoms with E-state index >= 15 is 0 Å². The lowest BCUT2D eigenvalue weighted by Gasteiger charge is -2.22. The Bertz CT molecular complexity index is 568. The van der Waals surface area contributed by atoms with Crippen LogP contribution in [-0.4, -0.2) is 28.0 Å². The largest absolute Gasteiger partial charge is 0.393 e. The molecule has 0 saturated carbocycles. The van der Waals surface area contributed by atoms with Gasteiger partial charge in [0.15, 0.2) is 11.6 Å². The van der Waals surface area contributed by atoms with Crippen molar-refractivity contribution in [3.8, 4) is 0 Å². The number of pyridine rings is 1. The Labute approximate surface area is 126 Å². The monoisotopic (exact) mass is 336 g/mol. The second-order valence-electron chi connectivity index (χ2n) is 4.12. The summed E-state index contributed by atoms with van der Waals surface area (Å²) in [7, 11) is 0. The molecule has 2 aromatic heterocycles. The van der Waals surface area contributed by atoms with E-state index in [1.54, 1.807) is 6.20 Å². The van der Waals surface area contributed by atoms with Crippen LogP contribution in [0.1, 0.15) is 13.8 Å². The fourth-order valence-corrected chi connectivity index (χ4v) is 2.07. The van der Waals surface area contributed by atoms with Crippen LogP contribution in [0, 0.1) is 0 Å². The SMILES string of the molecule is CCN(CC)c1ncnc(Nc2ccc(Br)cn2)c1N. The summed E-state index contributed by atoms with van der Waals surface area (Å²) in [6.07, 6.45) is 3.22. The summed E-state index contributed by atoms with van der Waals surface area (Å²) in [6.45, 7) is 5.81. The van der Waals surface area contributed by atoms with Gasteiger partial charge in [-0.05, 0) is 41.9 Å². The van der Waals surface area contributed by atoms with Gasteiger partial charge in [-0.1, -0.05) is 0 Å². The molecule has 0 radical (unpaired) electrons. The van der Waals surface area contributed by atoms with Crippen molar-refractivity contribution in [1.82, 2.24) is 15.0 Å². The van der Waals surface area contributed by atoms with Crippen molar-refractivity contribution in [2.45, 2.75) is 13.8 Å². The number of rotatable bonds is 5. The Morgan fingerprint density at radius 2 is 1.95 bits per heavy atom. The number of hydrogen-bond donors (Lipinski definition) is 2. The zero-order valence-corrected chi connectivity index (χ0v) is 13.1. The van der Waals surface area contributed by atoms with Gasteiger partial charge >= 0.3 is 0 Å². The molecule has 0 aliphatic rings.